The van der Waals surface area contributed by atoms with E-state index < -0.39 is 62.0 Å². The Morgan fingerprint density at radius 3 is 2.59 bits per heavy atom. The van der Waals surface area contributed by atoms with E-state index >= 15 is 8.78 Å². The van der Waals surface area contributed by atoms with Crippen LogP contribution in [-0.4, -0.2) is 57.0 Å². The van der Waals surface area contributed by atoms with Gasteiger partial charge in [-0.25, -0.2) is 18.1 Å². The highest BCUT2D eigenvalue weighted by Gasteiger charge is 2.65. The fourth-order valence-corrected chi connectivity index (χ4v) is 5.78. The Labute approximate surface area is 234 Å². The van der Waals surface area contributed by atoms with Crippen LogP contribution < -0.4 is 21.0 Å². The number of carbonyl (C=O) groups excluding carboxylic acids is 1. The van der Waals surface area contributed by atoms with Crippen molar-refractivity contribution in [3.63, 3.8) is 0 Å². The molecule has 0 radical (unpaired) electrons. The summed E-state index contributed by atoms with van der Waals surface area (Å²) >= 11 is 0. The lowest BCUT2D eigenvalue weighted by molar-refractivity contribution is -0.203. The van der Waals surface area contributed by atoms with E-state index in [2.05, 4.69) is 10.1 Å². The molecular weight excluding hydrogens is 565 g/mol. The molecule has 6 atom stereocenters. The maximum Gasteiger partial charge on any atom is 0.459 e. The fourth-order valence-electron chi connectivity index (χ4n) is 4.26. The average Bonchev–Trinajstić information content (AvgIpc) is 3.07. The van der Waals surface area contributed by atoms with Crippen LogP contribution in [0.25, 0.3) is 10.8 Å². The van der Waals surface area contributed by atoms with Crippen molar-refractivity contribution in [2.75, 3.05) is 12.3 Å². The number of aliphatic hydroxyl groups excluding tert-OH is 1. The maximum absolute atomic E-state index is 16.0. The first kappa shape index (κ1) is 30.5. The van der Waals surface area contributed by atoms with Crippen LogP contribution in [0, 0.1) is 0 Å². The molecule has 15 heteroatoms. The molecule has 0 spiro atoms. The van der Waals surface area contributed by atoms with Crippen molar-refractivity contribution >= 4 is 30.3 Å². The first-order chi connectivity index (χ1) is 19.1. The van der Waals surface area contributed by atoms with Crippen LogP contribution in [-0.2, 0) is 23.4 Å². The van der Waals surface area contributed by atoms with Crippen LogP contribution in [0.15, 0.2) is 59.5 Å². The van der Waals surface area contributed by atoms with E-state index in [1.165, 1.54) is 13.0 Å². The minimum Gasteiger partial charge on any atom is -0.462 e. The number of benzene rings is 2. The number of rotatable bonds is 10. The summed E-state index contributed by atoms with van der Waals surface area (Å²) in [6, 6.07) is 11.7. The molecule has 222 valence electrons. The number of nitrogens with one attached hydrogen (secondary N) is 1. The molecule has 0 unspecified atom stereocenters. The fraction of sp³-hybridized carbons (Fsp3) is 0.423. The molecule has 1 aliphatic rings. The Hall–Kier alpha value is -3.42. The summed E-state index contributed by atoms with van der Waals surface area (Å²) in [5.74, 6) is -4.22. The summed E-state index contributed by atoms with van der Waals surface area (Å²) in [5, 5.41) is 14.3. The Bertz CT molecular complexity index is 1530. The zero-order chi connectivity index (χ0) is 30.2. The second-order valence-corrected chi connectivity index (χ2v) is 11.7. The van der Waals surface area contributed by atoms with E-state index in [9.17, 15) is 19.3 Å². The van der Waals surface area contributed by atoms with Gasteiger partial charge in [-0.2, -0.15) is 10.1 Å². The maximum atomic E-state index is 16.0. The van der Waals surface area contributed by atoms with Crippen molar-refractivity contribution < 1.29 is 41.8 Å². The lowest BCUT2D eigenvalue weighted by Crippen LogP contribution is -2.47. The van der Waals surface area contributed by atoms with Crippen LogP contribution in [0.5, 0.6) is 5.75 Å². The highest BCUT2D eigenvalue weighted by Crippen LogP contribution is 2.52. The van der Waals surface area contributed by atoms with Crippen LogP contribution in [0.1, 0.15) is 33.9 Å². The summed E-state index contributed by atoms with van der Waals surface area (Å²) in [5.41, 5.74) is 1.54. The predicted octanol–water partition coefficient (Wildman–Crippen LogP) is 3.40. The summed E-state index contributed by atoms with van der Waals surface area (Å²) in [6.07, 6.45) is -3.96. The van der Waals surface area contributed by atoms with Crippen LogP contribution in [0.2, 0.25) is 0 Å². The number of nitrogen functional groups attached to an aromatic ring is 1. The third-order valence-electron chi connectivity index (χ3n) is 6.29. The number of alkyl halides is 2. The van der Waals surface area contributed by atoms with Gasteiger partial charge in [0.1, 0.15) is 24.2 Å². The first-order valence-electron chi connectivity index (χ1n) is 12.6. The molecule has 0 bridgehead atoms. The number of fused-ring (bicyclic) bond motifs is 1. The molecule has 2 aromatic carbocycles. The number of ether oxygens (including phenoxy) is 2. The van der Waals surface area contributed by atoms with E-state index in [4.69, 9.17) is 24.3 Å². The van der Waals surface area contributed by atoms with E-state index in [-0.39, 0.29) is 11.6 Å². The highest BCUT2D eigenvalue weighted by atomic mass is 31.2. The van der Waals surface area contributed by atoms with Gasteiger partial charge < -0.3 is 24.8 Å². The second kappa shape index (κ2) is 11.5. The zero-order valence-electron chi connectivity index (χ0n) is 22.7. The van der Waals surface area contributed by atoms with Crippen molar-refractivity contribution in [1.82, 2.24) is 14.6 Å². The summed E-state index contributed by atoms with van der Waals surface area (Å²) in [6.45, 7) is 4.05. The number of hydrogen-bond acceptors (Lipinski definition) is 10. The summed E-state index contributed by atoms with van der Waals surface area (Å²) < 4.78 is 67.7. The molecule has 0 amide bonds. The van der Waals surface area contributed by atoms with Crippen molar-refractivity contribution in [1.29, 1.82) is 0 Å². The molecule has 1 fully saturated rings. The number of halogens is 2. The lowest BCUT2D eigenvalue weighted by atomic mass is 9.97. The van der Waals surface area contributed by atoms with Gasteiger partial charge in [0.2, 0.25) is 0 Å². The standard InChI is InChI=1S/C26H31F2N4O8P/c1-15(2)38-21(33)16(3)31-41(36,40-19-11-7-9-17-8-5-6-10-18(17)19)37-14-26(28)22(34)25(4,27)23(39-26)32-13-12-20(29)30-24(32)35/h5-13,15-16,22-23,34H,14H2,1-4H3,(H,31,36)(H2,29,30,35)/t16-,22-,23+,25+,26+,41-/m0/s1. The van der Waals surface area contributed by atoms with Crippen LogP contribution in [0.3, 0.4) is 0 Å². The average molecular weight is 597 g/mol. The van der Waals surface area contributed by atoms with Gasteiger partial charge in [0.15, 0.2) is 18.0 Å². The number of hydrogen-bond donors (Lipinski definition) is 3. The molecule has 4 N–H and O–H groups in total. The zero-order valence-corrected chi connectivity index (χ0v) is 23.6. The number of aromatic nitrogens is 2. The Kier molecular flexibility index (Phi) is 8.53. The van der Waals surface area contributed by atoms with Gasteiger partial charge in [-0.1, -0.05) is 36.4 Å². The number of nitrogens with zero attached hydrogens (tertiary/aromatic N) is 2. The van der Waals surface area contributed by atoms with Gasteiger partial charge in [-0.15, -0.1) is 0 Å². The minimum atomic E-state index is -4.67. The van der Waals surface area contributed by atoms with E-state index in [0.717, 1.165) is 24.6 Å². The second-order valence-electron chi connectivity index (χ2n) is 10.0. The van der Waals surface area contributed by atoms with Crippen molar-refractivity contribution in [3.05, 3.63) is 65.2 Å². The molecule has 1 aromatic heterocycles. The van der Waals surface area contributed by atoms with Gasteiger partial charge in [0, 0.05) is 11.6 Å². The third-order valence-corrected chi connectivity index (χ3v) is 7.90. The molecule has 0 saturated carbocycles. The topological polar surface area (TPSA) is 164 Å². The van der Waals surface area contributed by atoms with Crippen molar-refractivity contribution in [2.45, 2.75) is 63.7 Å². The molecule has 12 nitrogen and oxygen atoms in total. The largest absolute Gasteiger partial charge is 0.462 e. The number of anilines is 1. The van der Waals surface area contributed by atoms with Gasteiger partial charge in [0.25, 0.3) is 5.85 Å². The van der Waals surface area contributed by atoms with Crippen LogP contribution >= 0.6 is 7.75 Å². The van der Waals surface area contributed by atoms with Gasteiger partial charge in [-0.05, 0) is 45.2 Å². The minimum absolute atomic E-state index is 0.0665. The molecule has 2 heterocycles. The molecule has 0 aliphatic carbocycles. The van der Waals surface area contributed by atoms with Gasteiger partial charge in [0.05, 0.1) is 6.10 Å². The molecule has 1 aliphatic heterocycles. The first-order valence-corrected chi connectivity index (χ1v) is 14.2. The van der Waals surface area contributed by atoms with Gasteiger partial charge in [-0.3, -0.25) is 13.9 Å². The number of carbonyl (C=O) groups is 1. The van der Waals surface area contributed by atoms with E-state index in [1.54, 1.807) is 50.2 Å². The predicted molar refractivity (Wildman–Crippen MR) is 144 cm³/mol. The summed E-state index contributed by atoms with van der Waals surface area (Å²) in [7, 11) is -4.67. The Balaban J connectivity index is 1.64. The van der Waals surface area contributed by atoms with E-state index in [1.807, 2.05) is 0 Å². The Morgan fingerprint density at radius 1 is 1.22 bits per heavy atom. The molecule has 1 saturated heterocycles. The van der Waals surface area contributed by atoms with E-state index in [0.29, 0.717) is 9.95 Å². The quantitative estimate of drug-likeness (QED) is 0.232. The third kappa shape index (κ3) is 6.41. The molecule has 3 aromatic rings. The smallest absolute Gasteiger partial charge is 0.459 e. The van der Waals surface area contributed by atoms with Crippen LogP contribution in [0.4, 0.5) is 14.6 Å². The number of nitrogens with two attached hydrogens (primary N) is 1. The normalized spacial score (nSPS) is 26.5. The summed E-state index contributed by atoms with van der Waals surface area (Å²) in [4.78, 5) is 28.2. The highest BCUT2D eigenvalue weighted by molar-refractivity contribution is 7.52. The monoisotopic (exact) mass is 596 g/mol. The molecule has 4 rings (SSSR count). The van der Waals surface area contributed by atoms with Crippen molar-refractivity contribution in [2.24, 2.45) is 0 Å². The van der Waals surface area contributed by atoms with Crippen molar-refractivity contribution in [3.8, 4) is 5.75 Å². The van der Waals surface area contributed by atoms with Gasteiger partial charge >= 0.3 is 19.4 Å². The number of esters is 1. The molecular formula is C26H31F2N4O8P. The SMILES string of the molecule is CC(C)OC(=O)[C@H](C)N[P@](=O)(OC[C@@]1(F)O[C@@H](n2ccc(N)nc2=O)[C@](C)(F)[C@@H]1O)Oc1cccc2ccccc12. The Morgan fingerprint density at radius 2 is 1.90 bits per heavy atom. The lowest BCUT2D eigenvalue weighted by Gasteiger charge is -2.28. The molecule has 41 heavy (non-hydrogen) atoms. The number of aliphatic hydroxyl groups is 1.